The minimum atomic E-state index is 0.400. The Hall–Kier alpha value is -0.650. The lowest BCUT2D eigenvalue weighted by Crippen LogP contribution is -2.54. The van der Waals surface area contributed by atoms with Gasteiger partial charge in [-0.05, 0) is 51.1 Å². The number of rotatable bonds is 5. The maximum atomic E-state index is 12.5. The highest BCUT2D eigenvalue weighted by Crippen LogP contribution is 2.32. The number of carbonyl (C=O) groups is 1. The number of amides is 1. The molecule has 0 aromatic heterocycles. The van der Waals surface area contributed by atoms with Crippen molar-refractivity contribution in [2.24, 2.45) is 5.92 Å². The van der Waals surface area contributed by atoms with Gasteiger partial charge in [-0.3, -0.25) is 9.69 Å². The van der Waals surface area contributed by atoms with Crippen LogP contribution in [0, 0.1) is 5.92 Å². The minimum absolute atomic E-state index is 0.400. The van der Waals surface area contributed by atoms with E-state index < -0.39 is 0 Å². The molecule has 3 atom stereocenters. The lowest BCUT2D eigenvalue weighted by Gasteiger charge is -2.41. The van der Waals surface area contributed by atoms with E-state index in [2.05, 4.69) is 14.7 Å². The molecule has 23 heavy (non-hydrogen) atoms. The average Bonchev–Trinajstić information content (AvgIpc) is 3.29. The van der Waals surface area contributed by atoms with Crippen molar-refractivity contribution in [1.82, 2.24) is 14.7 Å². The summed E-state index contributed by atoms with van der Waals surface area (Å²) in [6.45, 7) is 8.69. The number of nitrogens with zero attached hydrogens (tertiary/aromatic N) is 3. The first-order valence-electron chi connectivity index (χ1n) is 9.65. The Morgan fingerprint density at radius 2 is 1.87 bits per heavy atom. The van der Waals surface area contributed by atoms with Crippen LogP contribution in [-0.2, 0) is 9.53 Å². The summed E-state index contributed by atoms with van der Waals surface area (Å²) in [5, 5.41) is 0. The normalized spacial score (nSPS) is 36.1. The monoisotopic (exact) mass is 321 g/mol. The molecule has 0 N–H and O–H groups in total. The fourth-order valence-electron chi connectivity index (χ4n) is 5.07. The Morgan fingerprint density at radius 3 is 2.65 bits per heavy atom. The van der Waals surface area contributed by atoms with Gasteiger partial charge in [-0.25, -0.2) is 0 Å². The lowest BCUT2D eigenvalue weighted by molar-refractivity contribution is -0.138. The predicted octanol–water partition coefficient (Wildman–Crippen LogP) is 1.18. The van der Waals surface area contributed by atoms with E-state index in [4.69, 9.17) is 4.74 Å². The second kappa shape index (κ2) is 7.08. The minimum Gasteiger partial charge on any atom is -0.381 e. The molecular formula is C18H31N3O2. The first-order chi connectivity index (χ1) is 11.3. The molecule has 5 heteroatoms. The van der Waals surface area contributed by atoms with E-state index in [0.717, 1.165) is 39.1 Å². The molecule has 0 radical (unpaired) electrons. The first-order valence-corrected chi connectivity index (χ1v) is 9.65. The average molecular weight is 321 g/mol. The molecule has 4 fully saturated rings. The first kappa shape index (κ1) is 15.9. The van der Waals surface area contributed by atoms with E-state index in [1.807, 2.05) is 0 Å². The second-order valence-electron chi connectivity index (χ2n) is 7.82. The van der Waals surface area contributed by atoms with Crippen molar-refractivity contribution in [1.29, 1.82) is 0 Å². The van der Waals surface area contributed by atoms with Crippen LogP contribution in [0.25, 0.3) is 0 Å². The molecule has 4 saturated heterocycles. The SMILES string of the molecule is O=C1CC[C@@H]2[C@@H](CCN2CC2CCOC2)N1CCN1CCCC1. The Labute approximate surface area is 139 Å². The molecule has 0 aliphatic carbocycles. The summed E-state index contributed by atoms with van der Waals surface area (Å²) in [5.41, 5.74) is 0. The van der Waals surface area contributed by atoms with Gasteiger partial charge in [0.25, 0.3) is 0 Å². The van der Waals surface area contributed by atoms with Crippen molar-refractivity contribution in [3.63, 3.8) is 0 Å². The van der Waals surface area contributed by atoms with E-state index in [0.29, 0.717) is 23.9 Å². The number of carbonyl (C=O) groups excluding carboxylic acids is 1. The van der Waals surface area contributed by atoms with Gasteiger partial charge in [-0.2, -0.15) is 0 Å². The summed E-state index contributed by atoms with van der Waals surface area (Å²) in [4.78, 5) is 19.9. The van der Waals surface area contributed by atoms with Crippen molar-refractivity contribution < 1.29 is 9.53 Å². The predicted molar refractivity (Wildman–Crippen MR) is 89.3 cm³/mol. The largest absolute Gasteiger partial charge is 0.381 e. The molecule has 4 heterocycles. The highest BCUT2D eigenvalue weighted by Gasteiger charge is 2.43. The molecule has 5 nitrogen and oxygen atoms in total. The number of fused-ring (bicyclic) bond motifs is 1. The molecule has 0 saturated carbocycles. The van der Waals surface area contributed by atoms with Crippen LogP contribution in [0.3, 0.4) is 0 Å². The van der Waals surface area contributed by atoms with E-state index >= 15 is 0 Å². The van der Waals surface area contributed by atoms with Gasteiger partial charge in [0, 0.05) is 51.3 Å². The molecule has 1 amide bonds. The van der Waals surface area contributed by atoms with Gasteiger partial charge >= 0.3 is 0 Å². The molecule has 0 aromatic carbocycles. The smallest absolute Gasteiger partial charge is 0.222 e. The van der Waals surface area contributed by atoms with Crippen LogP contribution in [0.15, 0.2) is 0 Å². The van der Waals surface area contributed by atoms with E-state index in [-0.39, 0.29) is 0 Å². The Balaban J connectivity index is 1.34. The third-order valence-electron chi connectivity index (χ3n) is 6.37. The zero-order valence-corrected chi connectivity index (χ0v) is 14.3. The summed E-state index contributed by atoms with van der Waals surface area (Å²) in [7, 11) is 0. The molecule has 0 bridgehead atoms. The summed E-state index contributed by atoms with van der Waals surface area (Å²) >= 11 is 0. The van der Waals surface area contributed by atoms with Crippen molar-refractivity contribution in [2.45, 2.75) is 50.6 Å². The van der Waals surface area contributed by atoms with E-state index in [1.165, 1.54) is 51.9 Å². The molecule has 4 aliphatic heterocycles. The lowest BCUT2D eigenvalue weighted by atomic mass is 9.95. The molecule has 4 aliphatic rings. The molecule has 0 aromatic rings. The van der Waals surface area contributed by atoms with Crippen LogP contribution >= 0.6 is 0 Å². The fraction of sp³-hybridized carbons (Fsp3) is 0.944. The Kier molecular flexibility index (Phi) is 4.88. The summed E-state index contributed by atoms with van der Waals surface area (Å²) < 4.78 is 5.54. The van der Waals surface area contributed by atoms with Crippen molar-refractivity contribution in [3.8, 4) is 0 Å². The maximum Gasteiger partial charge on any atom is 0.222 e. The summed E-state index contributed by atoms with van der Waals surface area (Å²) in [6.07, 6.45) is 6.86. The Bertz CT molecular complexity index is 418. The highest BCUT2D eigenvalue weighted by atomic mass is 16.5. The van der Waals surface area contributed by atoms with Crippen molar-refractivity contribution in [2.75, 3.05) is 52.5 Å². The van der Waals surface area contributed by atoms with Gasteiger partial charge in [-0.1, -0.05) is 0 Å². The van der Waals surface area contributed by atoms with E-state index in [9.17, 15) is 4.79 Å². The van der Waals surface area contributed by atoms with Crippen LogP contribution in [0.5, 0.6) is 0 Å². The molecule has 4 rings (SSSR count). The summed E-state index contributed by atoms with van der Waals surface area (Å²) in [6, 6.07) is 1.08. The zero-order chi connectivity index (χ0) is 15.6. The van der Waals surface area contributed by atoms with Crippen molar-refractivity contribution >= 4 is 5.91 Å². The molecule has 130 valence electrons. The third kappa shape index (κ3) is 3.42. The molecule has 0 spiro atoms. The summed E-state index contributed by atoms with van der Waals surface area (Å²) in [5.74, 6) is 1.11. The van der Waals surface area contributed by atoms with Gasteiger partial charge in [0.1, 0.15) is 0 Å². The topological polar surface area (TPSA) is 36.0 Å². The van der Waals surface area contributed by atoms with Gasteiger partial charge in [0.15, 0.2) is 0 Å². The maximum absolute atomic E-state index is 12.5. The fourth-order valence-corrected chi connectivity index (χ4v) is 5.07. The van der Waals surface area contributed by atoms with Gasteiger partial charge in [0.2, 0.25) is 5.91 Å². The quantitative estimate of drug-likeness (QED) is 0.762. The van der Waals surface area contributed by atoms with Crippen molar-refractivity contribution in [3.05, 3.63) is 0 Å². The number of likely N-dealkylation sites (tertiary alicyclic amines) is 3. The van der Waals surface area contributed by atoms with Crippen LogP contribution < -0.4 is 0 Å². The number of hydrogen-bond acceptors (Lipinski definition) is 4. The number of piperidine rings is 1. The zero-order valence-electron chi connectivity index (χ0n) is 14.3. The van der Waals surface area contributed by atoms with Gasteiger partial charge in [0.05, 0.1) is 6.61 Å². The van der Waals surface area contributed by atoms with Crippen LogP contribution in [0.1, 0.15) is 38.5 Å². The number of hydrogen-bond donors (Lipinski definition) is 0. The molecular weight excluding hydrogens is 290 g/mol. The van der Waals surface area contributed by atoms with Crippen LogP contribution in [0.4, 0.5) is 0 Å². The van der Waals surface area contributed by atoms with E-state index in [1.54, 1.807) is 0 Å². The third-order valence-corrected chi connectivity index (χ3v) is 6.37. The molecule has 1 unspecified atom stereocenters. The second-order valence-corrected chi connectivity index (χ2v) is 7.82. The van der Waals surface area contributed by atoms with Crippen LogP contribution in [0.2, 0.25) is 0 Å². The van der Waals surface area contributed by atoms with Gasteiger partial charge < -0.3 is 14.5 Å². The van der Waals surface area contributed by atoms with Gasteiger partial charge in [-0.15, -0.1) is 0 Å². The van der Waals surface area contributed by atoms with Crippen LogP contribution in [-0.4, -0.2) is 85.2 Å². The Morgan fingerprint density at radius 1 is 1.00 bits per heavy atom. The standard InChI is InChI=1S/C18H31N3O2/c22-18-4-3-16-17(21(18)11-10-19-7-1-2-8-19)5-9-20(16)13-15-6-12-23-14-15/h15-17H,1-14H2/t15?,16-,17-/m1/s1. The number of ether oxygens (including phenoxy) is 1. The highest BCUT2D eigenvalue weighted by molar-refractivity contribution is 5.77.